The average Bonchev–Trinajstić information content (AvgIpc) is 3.17. The van der Waals surface area contributed by atoms with Gasteiger partial charge >= 0.3 is 0 Å². The number of benzene rings is 2. The molecule has 1 heterocycles. The van der Waals surface area contributed by atoms with Crippen LogP contribution in [-0.2, 0) is 9.59 Å². The lowest BCUT2D eigenvalue weighted by Gasteiger charge is -2.17. The molecule has 1 N–H and O–H groups in total. The van der Waals surface area contributed by atoms with Crippen LogP contribution in [0.3, 0.4) is 0 Å². The number of amides is 2. The third-order valence-electron chi connectivity index (χ3n) is 5.06. The summed E-state index contributed by atoms with van der Waals surface area (Å²) in [6.07, 6.45) is 3.60. The van der Waals surface area contributed by atoms with Crippen LogP contribution in [0.15, 0.2) is 48.5 Å². The number of carbonyl (C=O) groups excluding carboxylic acids is 2. The van der Waals surface area contributed by atoms with Crippen molar-refractivity contribution < 1.29 is 23.8 Å². The second kappa shape index (κ2) is 10.5. The van der Waals surface area contributed by atoms with E-state index in [0.717, 1.165) is 17.0 Å². The Balaban J connectivity index is 1.51. The lowest BCUT2D eigenvalue weighted by molar-refractivity contribution is -0.118. The van der Waals surface area contributed by atoms with Crippen LogP contribution in [0.1, 0.15) is 18.9 Å². The van der Waals surface area contributed by atoms with Crippen molar-refractivity contribution in [1.29, 1.82) is 0 Å². The molecular formula is C24H28N2O5. The summed E-state index contributed by atoms with van der Waals surface area (Å²) in [6, 6.07) is 12.9. The fraction of sp³-hybridized carbons (Fsp3) is 0.333. The molecule has 1 atom stereocenters. The molecule has 2 aromatic rings. The lowest BCUT2D eigenvalue weighted by Crippen LogP contribution is -2.30. The summed E-state index contributed by atoms with van der Waals surface area (Å²) < 4.78 is 15.9. The van der Waals surface area contributed by atoms with E-state index < -0.39 is 0 Å². The number of hydrogen-bond donors (Lipinski definition) is 1. The number of rotatable bonds is 9. The molecule has 2 aromatic carbocycles. The molecule has 0 saturated carbocycles. The van der Waals surface area contributed by atoms with E-state index in [1.54, 1.807) is 37.3 Å². The fourth-order valence-electron chi connectivity index (χ4n) is 3.49. The van der Waals surface area contributed by atoms with Crippen LogP contribution in [0.4, 0.5) is 5.69 Å². The molecule has 1 aliphatic heterocycles. The first-order valence-electron chi connectivity index (χ1n) is 10.2. The lowest BCUT2D eigenvalue weighted by atomic mass is 10.1. The summed E-state index contributed by atoms with van der Waals surface area (Å²) in [6.45, 7) is 3.55. The van der Waals surface area contributed by atoms with Gasteiger partial charge in [-0.1, -0.05) is 6.07 Å². The van der Waals surface area contributed by atoms with E-state index in [-0.39, 0.29) is 17.7 Å². The Morgan fingerprint density at radius 3 is 2.55 bits per heavy atom. The molecule has 3 rings (SSSR count). The van der Waals surface area contributed by atoms with Crippen LogP contribution >= 0.6 is 0 Å². The van der Waals surface area contributed by atoms with Gasteiger partial charge in [0.05, 0.1) is 20.8 Å². The first-order chi connectivity index (χ1) is 15.0. The molecule has 31 heavy (non-hydrogen) atoms. The van der Waals surface area contributed by atoms with Crippen LogP contribution in [-0.4, -0.2) is 45.7 Å². The molecule has 1 saturated heterocycles. The number of hydrogen-bond acceptors (Lipinski definition) is 5. The number of methoxy groups -OCH3 is 2. The first kappa shape index (κ1) is 22.2. The Bertz CT molecular complexity index is 939. The van der Waals surface area contributed by atoms with E-state index in [1.807, 2.05) is 37.3 Å². The smallest absolute Gasteiger partial charge is 0.244 e. The predicted octanol–water partition coefficient (Wildman–Crippen LogP) is 3.29. The van der Waals surface area contributed by atoms with Crippen molar-refractivity contribution in [3.8, 4) is 17.2 Å². The van der Waals surface area contributed by atoms with Crippen molar-refractivity contribution in [2.75, 3.05) is 38.8 Å². The molecule has 164 valence electrons. The van der Waals surface area contributed by atoms with Crippen molar-refractivity contribution in [1.82, 2.24) is 5.32 Å². The third kappa shape index (κ3) is 5.78. The predicted molar refractivity (Wildman–Crippen MR) is 120 cm³/mol. The van der Waals surface area contributed by atoms with Gasteiger partial charge in [-0.25, -0.2) is 0 Å². The SMILES string of the molecule is CCOc1ccc(N2CC(CNC(=O)/C=C\c3ccc(OC)c(OC)c3)CC2=O)cc1. The van der Waals surface area contributed by atoms with Crippen LogP contribution < -0.4 is 24.4 Å². The van der Waals surface area contributed by atoms with Gasteiger partial charge in [0.15, 0.2) is 11.5 Å². The van der Waals surface area contributed by atoms with Gasteiger partial charge < -0.3 is 24.4 Å². The Hall–Kier alpha value is -3.48. The number of nitrogens with one attached hydrogen (secondary N) is 1. The first-order valence-corrected chi connectivity index (χ1v) is 10.2. The average molecular weight is 424 g/mol. The number of carbonyl (C=O) groups is 2. The standard InChI is InChI=1S/C24H28N2O5/c1-4-31-20-9-7-19(8-10-20)26-16-18(14-24(26)28)15-25-23(27)12-6-17-5-11-21(29-2)22(13-17)30-3/h5-13,18H,4,14-16H2,1-3H3,(H,25,27)/b12-6-. The summed E-state index contributed by atoms with van der Waals surface area (Å²) in [7, 11) is 3.14. The van der Waals surface area contributed by atoms with Gasteiger partial charge in [-0.3, -0.25) is 9.59 Å². The van der Waals surface area contributed by atoms with E-state index >= 15 is 0 Å². The summed E-state index contributed by atoms with van der Waals surface area (Å²) in [5.41, 5.74) is 1.67. The topological polar surface area (TPSA) is 77.1 Å². The third-order valence-corrected chi connectivity index (χ3v) is 5.06. The van der Waals surface area contributed by atoms with Crippen LogP contribution in [0.2, 0.25) is 0 Å². The molecule has 0 radical (unpaired) electrons. The van der Waals surface area contributed by atoms with Crippen molar-refractivity contribution in [2.45, 2.75) is 13.3 Å². The second-order valence-corrected chi connectivity index (χ2v) is 7.19. The van der Waals surface area contributed by atoms with Crippen LogP contribution in [0.5, 0.6) is 17.2 Å². The molecule has 7 nitrogen and oxygen atoms in total. The van der Waals surface area contributed by atoms with Crippen LogP contribution in [0, 0.1) is 5.92 Å². The van der Waals surface area contributed by atoms with Crippen molar-refractivity contribution in [2.24, 2.45) is 5.92 Å². The monoisotopic (exact) mass is 424 g/mol. The highest BCUT2D eigenvalue weighted by atomic mass is 16.5. The highest BCUT2D eigenvalue weighted by Gasteiger charge is 2.30. The zero-order chi connectivity index (χ0) is 22.2. The van der Waals surface area contributed by atoms with E-state index in [9.17, 15) is 9.59 Å². The normalized spacial score (nSPS) is 15.9. The van der Waals surface area contributed by atoms with Gasteiger partial charge in [-0.15, -0.1) is 0 Å². The Kier molecular flexibility index (Phi) is 7.54. The van der Waals surface area contributed by atoms with Gasteiger partial charge in [0.1, 0.15) is 5.75 Å². The summed E-state index contributed by atoms with van der Waals surface area (Å²) in [5.74, 6) is 1.93. The molecule has 2 amide bonds. The van der Waals surface area contributed by atoms with Gasteiger partial charge in [-0.05, 0) is 55.0 Å². The molecule has 0 aromatic heterocycles. The molecular weight excluding hydrogens is 396 g/mol. The number of anilines is 1. The van der Waals surface area contributed by atoms with Crippen LogP contribution in [0.25, 0.3) is 6.08 Å². The second-order valence-electron chi connectivity index (χ2n) is 7.19. The summed E-state index contributed by atoms with van der Waals surface area (Å²) >= 11 is 0. The molecule has 1 aliphatic rings. The van der Waals surface area contributed by atoms with Gasteiger partial charge in [0.2, 0.25) is 11.8 Å². The Morgan fingerprint density at radius 2 is 1.87 bits per heavy atom. The van der Waals surface area contributed by atoms with Crippen molar-refractivity contribution in [3.63, 3.8) is 0 Å². The van der Waals surface area contributed by atoms with Gasteiger partial charge in [-0.2, -0.15) is 0 Å². The maximum atomic E-state index is 12.4. The quantitative estimate of drug-likeness (QED) is 0.625. The van der Waals surface area contributed by atoms with E-state index in [0.29, 0.717) is 37.6 Å². The zero-order valence-electron chi connectivity index (χ0n) is 18.1. The molecule has 0 bridgehead atoms. The minimum atomic E-state index is -0.207. The summed E-state index contributed by atoms with van der Waals surface area (Å²) in [4.78, 5) is 26.4. The Morgan fingerprint density at radius 1 is 1.13 bits per heavy atom. The molecule has 0 aliphatic carbocycles. The largest absolute Gasteiger partial charge is 0.494 e. The maximum Gasteiger partial charge on any atom is 0.244 e. The summed E-state index contributed by atoms with van der Waals surface area (Å²) in [5, 5.41) is 2.88. The minimum absolute atomic E-state index is 0.0595. The Labute approximate surface area is 182 Å². The van der Waals surface area contributed by atoms with Crippen molar-refractivity contribution >= 4 is 23.6 Å². The molecule has 1 fully saturated rings. The minimum Gasteiger partial charge on any atom is -0.494 e. The number of ether oxygens (including phenoxy) is 3. The highest BCUT2D eigenvalue weighted by Crippen LogP contribution is 2.28. The number of nitrogens with zero attached hydrogens (tertiary/aromatic N) is 1. The van der Waals surface area contributed by atoms with E-state index in [1.165, 1.54) is 6.08 Å². The van der Waals surface area contributed by atoms with Gasteiger partial charge in [0.25, 0.3) is 0 Å². The maximum absolute atomic E-state index is 12.4. The molecule has 0 spiro atoms. The van der Waals surface area contributed by atoms with E-state index in [4.69, 9.17) is 14.2 Å². The van der Waals surface area contributed by atoms with Gasteiger partial charge in [0, 0.05) is 37.2 Å². The fourth-order valence-corrected chi connectivity index (χ4v) is 3.49. The molecule has 1 unspecified atom stereocenters. The zero-order valence-corrected chi connectivity index (χ0v) is 18.1. The highest BCUT2D eigenvalue weighted by molar-refractivity contribution is 5.96. The van der Waals surface area contributed by atoms with E-state index in [2.05, 4.69) is 5.32 Å². The van der Waals surface area contributed by atoms with Crippen molar-refractivity contribution in [3.05, 3.63) is 54.1 Å². The molecule has 7 heteroatoms.